The van der Waals surface area contributed by atoms with Crippen molar-refractivity contribution in [3.8, 4) is 0 Å². The minimum Gasteiger partial charge on any atom is -0.457 e. The number of fused-ring (bicyclic) bond motifs is 5. The Morgan fingerprint density at radius 3 is 2.46 bits per heavy atom. The Balaban J connectivity index is 1.30. The molecule has 1 N–H and O–H groups in total. The van der Waals surface area contributed by atoms with Crippen molar-refractivity contribution in [2.45, 2.75) is 111 Å². The van der Waals surface area contributed by atoms with Crippen LogP contribution in [0.25, 0.3) is 0 Å². The third-order valence-electron chi connectivity index (χ3n) is 13.1. The molecule has 0 radical (unpaired) electrons. The number of rotatable bonds is 2. The maximum Gasteiger partial charge on any atom is 0.310 e. The van der Waals surface area contributed by atoms with Gasteiger partial charge in [0.15, 0.2) is 5.79 Å². The van der Waals surface area contributed by atoms with Crippen LogP contribution in [-0.2, 0) is 14.3 Å². The van der Waals surface area contributed by atoms with E-state index in [2.05, 4.69) is 40.3 Å². The van der Waals surface area contributed by atoms with Crippen molar-refractivity contribution in [1.29, 1.82) is 0 Å². The minimum absolute atomic E-state index is 0.103. The second-order valence-corrected chi connectivity index (χ2v) is 14.4. The molecule has 6 fully saturated rings. The molecule has 4 heteroatoms. The van der Waals surface area contributed by atoms with E-state index in [4.69, 9.17) is 9.47 Å². The predicted octanol–water partition coefficient (Wildman–Crippen LogP) is 6.58. The van der Waals surface area contributed by atoms with Crippen LogP contribution in [0, 0.1) is 45.3 Å². The van der Waals surface area contributed by atoms with Gasteiger partial charge in [-0.15, -0.1) is 0 Å². The van der Waals surface area contributed by atoms with E-state index < -0.39 is 5.79 Å². The van der Waals surface area contributed by atoms with Gasteiger partial charge in [0.2, 0.25) is 0 Å². The van der Waals surface area contributed by atoms with Crippen LogP contribution in [-0.4, -0.2) is 29.6 Å². The predicted molar refractivity (Wildman–Crippen MR) is 136 cm³/mol. The quantitative estimate of drug-likeness (QED) is 0.357. The maximum atomic E-state index is 12.4. The van der Waals surface area contributed by atoms with Crippen LogP contribution < -0.4 is 0 Å². The van der Waals surface area contributed by atoms with E-state index in [-0.39, 0.29) is 33.7 Å². The van der Waals surface area contributed by atoms with E-state index in [1.807, 2.05) is 6.92 Å². The topological polar surface area (TPSA) is 55.8 Å². The fraction of sp³-hybridized carbons (Fsp3) is 0.839. The number of esters is 1. The van der Waals surface area contributed by atoms with Crippen LogP contribution in [0.4, 0.5) is 0 Å². The highest BCUT2D eigenvalue weighted by atomic mass is 16.6. The summed E-state index contributed by atoms with van der Waals surface area (Å²) in [5.74, 6) is 1.17. The molecule has 7 aliphatic rings. The van der Waals surface area contributed by atoms with Gasteiger partial charge in [-0.05, 0) is 91.9 Å². The van der Waals surface area contributed by atoms with Crippen molar-refractivity contribution >= 4 is 5.97 Å². The molecule has 3 aliphatic heterocycles. The summed E-state index contributed by atoms with van der Waals surface area (Å²) in [6.45, 7) is 17.1. The number of ether oxygens (including phenoxy) is 2. The molecular formula is C31H46O4. The molecular weight excluding hydrogens is 436 g/mol. The summed E-state index contributed by atoms with van der Waals surface area (Å²) in [6, 6.07) is 0. The Morgan fingerprint density at radius 1 is 1.00 bits per heavy atom. The van der Waals surface area contributed by atoms with Crippen LogP contribution in [0.1, 0.15) is 98.8 Å². The zero-order chi connectivity index (χ0) is 25.0. The normalized spacial score (nSPS) is 52.5. The Hall–Kier alpha value is -1.13. The van der Waals surface area contributed by atoms with E-state index in [1.165, 1.54) is 32.1 Å². The number of aliphatic hydroxyl groups is 1. The molecule has 2 bridgehead atoms. The number of hydrogen-bond acceptors (Lipinski definition) is 4. The molecule has 2 saturated heterocycles. The van der Waals surface area contributed by atoms with Crippen molar-refractivity contribution in [2.24, 2.45) is 45.3 Å². The van der Waals surface area contributed by atoms with Gasteiger partial charge in [-0.3, -0.25) is 4.79 Å². The van der Waals surface area contributed by atoms with Crippen molar-refractivity contribution in [3.05, 3.63) is 23.8 Å². The molecule has 0 aromatic rings. The summed E-state index contributed by atoms with van der Waals surface area (Å²) in [6.07, 6.45) is 12.4. The maximum absolute atomic E-state index is 12.4. The van der Waals surface area contributed by atoms with Crippen LogP contribution in [0.3, 0.4) is 0 Å². The first-order valence-corrected chi connectivity index (χ1v) is 14.3. The van der Waals surface area contributed by atoms with Crippen molar-refractivity contribution < 1.29 is 19.4 Å². The van der Waals surface area contributed by atoms with Crippen molar-refractivity contribution in [2.75, 3.05) is 6.61 Å². The van der Waals surface area contributed by atoms with Crippen LogP contribution in [0.2, 0.25) is 0 Å². The Morgan fingerprint density at radius 2 is 1.74 bits per heavy atom. The number of cyclic esters (lactones) is 1. The molecule has 7 rings (SSSR count). The lowest BCUT2D eigenvalue weighted by atomic mass is 9.34. The third-order valence-corrected chi connectivity index (χ3v) is 13.1. The molecule has 3 heterocycles. The van der Waals surface area contributed by atoms with Gasteiger partial charge in [0, 0.05) is 23.7 Å². The minimum atomic E-state index is -0.951. The number of carbonyl (C=O) groups is 1. The lowest BCUT2D eigenvalue weighted by Crippen LogP contribution is -2.73. The second-order valence-electron chi connectivity index (χ2n) is 14.4. The zero-order valence-corrected chi connectivity index (χ0v) is 22.6. The second kappa shape index (κ2) is 7.47. The smallest absolute Gasteiger partial charge is 0.310 e. The summed E-state index contributed by atoms with van der Waals surface area (Å²) in [7, 11) is 0. The summed E-state index contributed by atoms with van der Waals surface area (Å²) in [5, 5.41) is 11.3. The highest BCUT2D eigenvalue weighted by Gasteiger charge is 2.74. The third kappa shape index (κ3) is 2.96. The average Bonchev–Trinajstić information content (AvgIpc) is 3.05. The van der Waals surface area contributed by atoms with Gasteiger partial charge in [-0.25, -0.2) is 0 Å². The fourth-order valence-electron chi connectivity index (χ4n) is 10.9. The SMILES string of the molecule is C=C([C@@H]1CC=C(C)CC(=O)O1)[C@H]1CC[C@]2(C)[C@@H]1CC[C@@H]1[C@]34CC[C@](O)(OC3)C(C)(C)[C@@H]4CC[C@]12C. The first-order valence-electron chi connectivity index (χ1n) is 14.3. The summed E-state index contributed by atoms with van der Waals surface area (Å²) < 4.78 is 12.2. The van der Waals surface area contributed by atoms with Gasteiger partial charge in [-0.1, -0.05) is 45.9 Å². The Kier molecular flexibility index (Phi) is 5.17. The molecule has 0 unspecified atom stereocenters. The molecule has 0 amide bonds. The molecule has 0 aromatic carbocycles. The highest BCUT2D eigenvalue weighted by Crippen LogP contribution is 2.77. The molecule has 1 spiro atoms. The van der Waals surface area contributed by atoms with E-state index in [0.717, 1.165) is 43.4 Å². The van der Waals surface area contributed by atoms with E-state index in [0.29, 0.717) is 30.1 Å². The fourth-order valence-corrected chi connectivity index (χ4v) is 10.9. The van der Waals surface area contributed by atoms with E-state index in [9.17, 15) is 9.90 Å². The van der Waals surface area contributed by atoms with E-state index >= 15 is 0 Å². The zero-order valence-electron chi connectivity index (χ0n) is 22.6. The van der Waals surface area contributed by atoms with E-state index in [1.54, 1.807) is 0 Å². The number of hydrogen-bond donors (Lipinski definition) is 1. The summed E-state index contributed by atoms with van der Waals surface area (Å²) in [4.78, 5) is 12.4. The molecule has 4 nitrogen and oxygen atoms in total. The van der Waals surface area contributed by atoms with Crippen molar-refractivity contribution in [3.63, 3.8) is 0 Å². The first-order chi connectivity index (χ1) is 16.4. The molecule has 4 saturated carbocycles. The van der Waals surface area contributed by atoms with Crippen LogP contribution >= 0.6 is 0 Å². The number of carbonyl (C=O) groups excluding carboxylic acids is 1. The van der Waals surface area contributed by atoms with Gasteiger partial charge in [0.1, 0.15) is 6.10 Å². The van der Waals surface area contributed by atoms with Gasteiger partial charge in [0.25, 0.3) is 0 Å². The van der Waals surface area contributed by atoms with Gasteiger partial charge in [0.05, 0.1) is 13.0 Å². The Bertz CT molecular complexity index is 968. The standard InChI is InChI=1S/C31H46O4/c1-19-7-9-23(35-26(32)17-19)20(2)21-11-13-28(5)22(21)8-10-25-29(28,6)14-12-24-27(3,4)31(33)16-15-30(24,25)18-34-31/h7,21-25,33H,2,8-18H2,1,3-6H3/t21-,22-,23+,24+,25+,28-,29-,30-,31+/m1/s1. The molecule has 35 heavy (non-hydrogen) atoms. The molecule has 194 valence electrons. The molecule has 9 atom stereocenters. The van der Waals surface area contributed by atoms with Crippen LogP contribution in [0.15, 0.2) is 23.8 Å². The first kappa shape index (κ1) is 24.2. The van der Waals surface area contributed by atoms with Gasteiger partial charge >= 0.3 is 5.97 Å². The molecule has 0 aromatic heterocycles. The molecule has 4 aliphatic carbocycles. The summed E-state index contributed by atoms with van der Waals surface area (Å²) >= 11 is 0. The summed E-state index contributed by atoms with van der Waals surface area (Å²) in [5.41, 5.74) is 2.82. The van der Waals surface area contributed by atoms with Gasteiger partial charge < -0.3 is 14.6 Å². The monoisotopic (exact) mass is 482 g/mol. The largest absolute Gasteiger partial charge is 0.457 e. The van der Waals surface area contributed by atoms with Crippen LogP contribution in [0.5, 0.6) is 0 Å². The average molecular weight is 483 g/mol. The Labute approximate surface area is 211 Å². The van der Waals surface area contributed by atoms with Crippen molar-refractivity contribution in [1.82, 2.24) is 0 Å². The lowest BCUT2D eigenvalue weighted by Gasteiger charge is -2.74. The highest BCUT2D eigenvalue weighted by molar-refractivity contribution is 5.73. The van der Waals surface area contributed by atoms with Gasteiger partial charge in [-0.2, -0.15) is 0 Å². The lowest BCUT2D eigenvalue weighted by molar-refractivity contribution is -0.398.